The molecule has 0 bridgehead atoms. The molecule has 1 aliphatic heterocycles. The second-order valence-electron chi connectivity index (χ2n) is 3.69. The molecule has 0 spiro atoms. The van der Waals surface area contributed by atoms with E-state index in [0.29, 0.717) is 0 Å². The lowest BCUT2D eigenvalue weighted by Crippen LogP contribution is -2.42. The Balaban J connectivity index is 2.21. The maximum atomic E-state index is 11.7. The van der Waals surface area contributed by atoms with Crippen molar-refractivity contribution in [3.8, 4) is 0 Å². The topological polar surface area (TPSA) is 100 Å². The fourth-order valence-electron chi connectivity index (χ4n) is 1.52. The minimum absolute atomic E-state index is 0.109. The molecule has 0 unspecified atom stereocenters. The van der Waals surface area contributed by atoms with Crippen LogP contribution in [0.25, 0.3) is 0 Å². The summed E-state index contributed by atoms with van der Waals surface area (Å²) < 4.78 is 4.94. The third-order valence-electron chi connectivity index (χ3n) is 2.61. The van der Waals surface area contributed by atoms with Crippen molar-refractivity contribution in [3.05, 3.63) is 22.2 Å². The molecule has 0 radical (unpaired) electrons. The van der Waals surface area contributed by atoms with Crippen LogP contribution in [0.3, 0.4) is 0 Å². The van der Waals surface area contributed by atoms with Crippen LogP contribution in [-0.2, 0) is 4.79 Å². The van der Waals surface area contributed by atoms with Crippen LogP contribution in [0.15, 0.2) is 16.5 Å². The molecule has 0 aliphatic carbocycles. The van der Waals surface area contributed by atoms with Gasteiger partial charge < -0.3 is 4.42 Å². The first-order chi connectivity index (χ1) is 8.41. The van der Waals surface area contributed by atoms with Crippen molar-refractivity contribution in [3.63, 3.8) is 0 Å². The van der Waals surface area contributed by atoms with E-state index in [1.54, 1.807) is 0 Å². The van der Waals surface area contributed by atoms with Gasteiger partial charge in [0.1, 0.15) is 11.5 Å². The average molecular weight is 254 g/mol. The van der Waals surface area contributed by atoms with Crippen molar-refractivity contribution < 1.29 is 18.9 Å². The highest BCUT2D eigenvalue weighted by atomic mass is 16.6. The molecule has 0 aromatic carbocycles. The molecule has 0 atom stereocenters. The number of carbonyl (C=O) groups excluding carboxylic acids is 2. The molecule has 1 aromatic rings. The van der Waals surface area contributed by atoms with Crippen molar-refractivity contribution in [1.82, 2.24) is 9.91 Å². The van der Waals surface area contributed by atoms with E-state index >= 15 is 0 Å². The number of likely N-dealkylation sites (N-methyl/N-ethyl adjacent to an activating group) is 1. The number of hydrazine groups is 1. The van der Waals surface area contributed by atoms with E-state index in [0.717, 1.165) is 9.91 Å². The fourth-order valence-corrected chi connectivity index (χ4v) is 1.52. The van der Waals surface area contributed by atoms with Crippen LogP contribution in [0, 0.1) is 10.1 Å². The quantitative estimate of drug-likeness (QED) is 0.440. The molecule has 9 heteroatoms. The molecule has 0 saturated carbocycles. The van der Waals surface area contributed by atoms with E-state index in [4.69, 9.17) is 4.42 Å². The van der Waals surface area contributed by atoms with Crippen LogP contribution in [0.1, 0.15) is 0 Å². The lowest BCUT2D eigenvalue weighted by molar-refractivity contribution is -0.401. The largest absolute Gasteiger partial charge is 0.434 e. The number of rotatable bonds is 3. The smallest absolute Gasteiger partial charge is 0.383 e. The van der Waals surface area contributed by atoms with Gasteiger partial charge >= 0.3 is 11.9 Å². The van der Waals surface area contributed by atoms with Crippen molar-refractivity contribution >= 4 is 23.7 Å². The van der Waals surface area contributed by atoms with Crippen LogP contribution in [0.5, 0.6) is 0 Å². The second kappa shape index (κ2) is 4.02. The van der Waals surface area contributed by atoms with Gasteiger partial charge in [0.05, 0.1) is 6.07 Å². The Morgan fingerprint density at radius 3 is 2.56 bits per heavy atom. The van der Waals surface area contributed by atoms with Crippen molar-refractivity contribution in [2.45, 2.75) is 0 Å². The average Bonchev–Trinajstić information content (AvgIpc) is 2.90. The van der Waals surface area contributed by atoms with Gasteiger partial charge in [0.25, 0.3) is 5.91 Å². The molecule has 3 amide bonds. The van der Waals surface area contributed by atoms with Gasteiger partial charge in [-0.05, 0) is 0 Å². The molecule has 2 heterocycles. The summed E-state index contributed by atoms with van der Waals surface area (Å²) in [5, 5.41) is 12.9. The Bertz CT molecular complexity index is 525. The molecular formula is C9H10N4O5. The normalized spacial score (nSPS) is 15.4. The zero-order valence-electron chi connectivity index (χ0n) is 9.69. The standard InChI is InChI=1S/C9H10N4O5/c1-10-6(14)5-12(9(10)15)11(2)7-3-4-8(18-7)13(16)17/h3-4H,5H2,1-2H3. The van der Waals surface area contributed by atoms with Gasteiger partial charge in [-0.1, -0.05) is 0 Å². The number of amides is 3. The summed E-state index contributed by atoms with van der Waals surface area (Å²) >= 11 is 0. The highest BCUT2D eigenvalue weighted by Gasteiger charge is 2.36. The number of hydrogen-bond acceptors (Lipinski definition) is 6. The first-order valence-corrected chi connectivity index (χ1v) is 4.97. The van der Waals surface area contributed by atoms with Crippen LogP contribution in [-0.4, -0.2) is 47.4 Å². The van der Waals surface area contributed by atoms with Crippen LogP contribution < -0.4 is 5.01 Å². The zero-order valence-corrected chi connectivity index (χ0v) is 9.69. The van der Waals surface area contributed by atoms with Crippen LogP contribution in [0.4, 0.5) is 16.6 Å². The third-order valence-corrected chi connectivity index (χ3v) is 2.61. The number of imide groups is 1. The molecule has 1 fully saturated rings. The monoisotopic (exact) mass is 254 g/mol. The predicted molar refractivity (Wildman–Crippen MR) is 58.6 cm³/mol. The van der Waals surface area contributed by atoms with E-state index in [-0.39, 0.29) is 18.3 Å². The van der Waals surface area contributed by atoms with E-state index in [1.807, 2.05) is 0 Å². The maximum absolute atomic E-state index is 11.7. The Kier molecular flexibility index (Phi) is 2.66. The van der Waals surface area contributed by atoms with E-state index in [1.165, 1.54) is 31.2 Å². The number of nitro groups is 1. The van der Waals surface area contributed by atoms with Gasteiger partial charge in [-0.2, -0.15) is 0 Å². The SMILES string of the molecule is CN1C(=O)CN(N(C)c2ccc([N+](=O)[O-])o2)C1=O. The molecule has 96 valence electrons. The van der Waals surface area contributed by atoms with Crippen molar-refractivity contribution in [2.24, 2.45) is 0 Å². The van der Waals surface area contributed by atoms with E-state index in [2.05, 4.69) is 0 Å². The molecular weight excluding hydrogens is 244 g/mol. The summed E-state index contributed by atoms with van der Waals surface area (Å²) in [5.41, 5.74) is 0. The van der Waals surface area contributed by atoms with Gasteiger partial charge in [-0.3, -0.25) is 24.8 Å². The summed E-state index contributed by atoms with van der Waals surface area (Å²) in [4.78, 5) is 33.8. The Morgan fingerprint density at radius 1 is 1.44 bits per heavy atom. The molecule has 1 aromatic heterocycles. The minimum atomic E-state index is -0.680. The summed E-state index contributed by atoms with van der Waals surface area (Å²) in [5.74, 6) is -0.672. The number of urea groups is 1. The van der Waals surface area contributed by atoms with Gasteiger partial charge in [-0.15, -0.1) is 0 Å². The number of nitrogens with zero attached hydrogens (tertiary/aromatic N) is 4. The predicted octanol–water partition coefficient (Wildman–Crippen LogP) is 0.433. The van der Waals surface area contributed by atoms with Crippen LogP contribution in [0.2, 0.25) is 0 Å². The maximum Gasteiger partial charge on any atom is 0.434 e. The van der Waals surface area contributed by atoms with Gasteiger partial charge in [-0.25, -0.2) is 9.80 Å². The first-order valence-electron chi connectivity index (χ1n) is 4.97. The summed E-state index contributed by atoms with van der Waals surface area (Å²) in [6, 6.07) is 2.02. The van der Waals surface area contributed by atoms with Crippen molar-refractivity contribution in [2.75, 3.05) is 25.6 Å². The number of furan rings is 1. The molecule has 1 saturated heterocycles. The Morgan fingerprint density at radius 2 is 2.11 bits per heavy atom. The van der Waals surface area contributed by atoms with Gasteiger partial charge in [0.15, 0.2) is 0 Å². The van der Waals surface area contributed by atoms with E-state index < -0.39 is 16.8 Å². The molecule has 2 rings (SSSR count). The Labute approximate surface area is 101 Å². The third kappa shape index (κ3) is 1.75. The summed E-state index contributed by atoms with van der Waals surface area (Å²) in [6.07, 6.45) is 0. The fraction of sp³-hybridized carbons (Fsp3) is 0.333. The lowest BCUT2D eigenvalue weighted by Gasteiger charge is -2.25. The van der Waals surface area contributed by atoms with Gasteiger partial charge in [0.2, 0.25) is 5.88 Å². The molecule has 18 heavy (non-hydrogen) atoms. The summed E-state index contributed by atoms with van der Waals surface area (Å²) in [6.45, 7) is -0.125. The van der Waals surface area contributed by atoms with Crippen molar-refractivity contribution in [1.29, 1.82) is 0 Å². The highest BCUT2D eigenvalue weighted by molar-refractivity contribution is 6.02. The van der Waals surface area contributed by atoms with E-state index in [9.17, 15) is 19.7 Å². The second-order valence-corrected chi connectivity index (χ2v) is 3.69. The number of anilines is 1. The minimum Gasteiger partial charge on any atom is -0.383 e. The first kappa shape index (κ1) is 11.9. The Hall–Kier alpha value is -2.58. The summed E-state index contributed by atoms with van der Waals surface area (Å²) in [7, 11) is 2.84. The molecule has 1 aliphatic rings. The number of carbonyl (C=O) groups is 2. The van der Waals surface area contributed by atoms with Crippen LogP contribution >= 0.6 is 0 Å². The zero-order chi connectivity index (χ0) is 13.4. The lowest BCUT2D eigenvalue weighted by atomic mass is 10.5. The highest BCUT2D eigenvalue weighted by Crippen LogP contribution is 2.25. The number of hydrogen-bond donors (Lipinski definition) is 0. The van der Waals surface area contributed by atoms with Gasteiger partial charge in [0, 0.05) is 20.2 Å². The molecule has 9 nitrogen and oxygen atoms in total. The molecule has 0 N–H and O–H groups in total.